The molecule has 0 radical (unpaired) electrons. The molecule has 4 nitrogen and oxygen atoms in total. The van der Waals surface area contributed by atoms with E-state index in [0.717, 1.165) is 11.5 Å². The normalized spacial score (nSPS) is 12.5. The van der Waals surface area contributed by atoms with Gasteiger partial charge in [0, 0.05) is 14.2 Å². The molecule has 4 heteroatoms. The van der Waals surface area contributed by atoms with E-state index >= 15 is 0 Å². The molecule has 1 amide bonds. The van der Waals surface area contributed by atoms with E-state index in [4.69, 9.17) is 9.15 Å². The first-order chi connectivity index (χ1) is 7.04. The average molecular weight is 211 g/mol. The summed E-state index contributed by atoms with van der Waals surface area (Å²) in [4.78, 5) is 13.2. The molecule has 0 aliphatic rings. The van der Waals surface area contributed by atoms with Gasteiger partial charge >= 0.3 is 0 Å². The second-order valence-electron chi connectivity index (χ2n) is 3.58. The number of carbonyl (C=O) groups excluding carboxylic acids is 1. The molecule has 1 aromatic heterocycles. The molecule has 0 aromatic carbocycles. The number of furan rings is 1. The van der Waals surface area contributed by atoms with E-state index in [0.29, 0.717) is 6.54 Å². The maximum absolute atomic E-state index is 11.6. The Kier molecular flexibility index (Phi) is 3.91. The van der Waals surface area contributed by atoms with Gasteiger partial charge in [-0.3, -0.25) is 4.79 Å². The fourth-order valence-electron chi connectivity index (χ4n) is 1.29. The van der Waals surface area contributed by atoms with E-state index in [1.165, 1.54) is 7.11 Å². The van der Waals surface area contributed by atoms with Gasteiger partial charge in [-0.05, 0) is 26.0 Å². The second-order valence-corrected chi connectivity index (χ2v) is 3.58. The quantitative estimate of drug-likeness (QED) is 0.759. The highest BCUT2D eigenvalue weighted by molar-refractivity contribution is 5.80. The van der Waals surface area contributed by atoms with E-state index in [9.17, 15) is 4.79 Å². The summed E-state index contributed by atoms with van der Waals surface area (Å²) >= 11 is 0. The van der Waals surface area contributed by atoms with E-state index in [1.807, 2.05) is 19.1 Å². The Morgan fingerprint density at radius 3 is 2.73 bits per heavy atom. The number of aryl methyl sites for hydroxylation is 1. The largest absolute Gasteiger partial charge is 0.464 e. The number of methoxy groups -OCH3 is 1. The lowest BCUT2D eigenvalue weighted by molar-refractivity contribution is -0.140. The summed E-state index contributed by atoms with van der Waals surface area (Å²) in [5.41, 5.74) is 0. The number of carbonyl (C=O) groups is 1. The minimum Gasteiger partial charge on any atom is -0.464 e. The van der Waals surface area contributed by atoms with Crippen molar-refractivity contribution in [2.24, 2.45) is 0 Å². The molecule has 0 N–H and O–H groups in total. The Labute approximate surface area is 89.8 Å². The van der Waals surface area contributed by atoms with Crippen molar-refractivity contribution in [2.75, 3.05) is 14.2 Å². The highest BCUT2D eigenvalue weighted by atomic mass is 16.5. The molecule has 0 spiro atoms. The molecular weight excluding hydrogens is 194 g/mol. The minimum absolute atomic E-state index is 0.0495. The molecule has 0 saturated heterocycles. The van der Waals surface area contributed by atoms with Crippen molar-refractivity contribution in [2.45, 2.75) is 26.5 Å². The molecule has 1 rings (SSSR count). The summed E-state index contributed by atoms with van der Waals surface area (Å²) in [6.07, 6.45) is -0.411. The van der Waals surface area contributed by atoms with Crippen LogP contribution in [-0.2, 0) is 16.1 Å². The molecule has 1 atom stereocenters. The Balaban J connectivity index is 2.55. The SMILES string of the molecule is COC(C)C(=O)N(C)Cc1ccc(C)o1. The molecule has 84 valence electrons. The second kappa shape index (κ2) is 4.98. The molecule has 1 heterocycles. The van der Waals surface area contributed by atoms with Crippen LogP contribution in [0.25, 0.3) is 0 Å². The average Bonchev–Trinajstić information content (AvgIpc) is 2.61. The molecule has 0 aliphatic heterocycles. The van der Waals surface area contributed by atoms with Crippen molar-refractivity contribution in [1.29, 1.82) is 0 Å². The fraction of sp³-hybridized carbons (Fsp3) is 0.545. The van der Waals surface area contributed by atoms with Gasteiger partial charge in [0.15, 0.2) is 0 Å². The Morgan fingerprint density at radius 2 is 2.27 bits per heavy atom. The first kappa shape index (κ1) is 11.8. The van der Waals surface area contributed by atoms with Gasteiger partial charge in [-0.1, -0.05) is 0 Å². The van der Waals surface area contributed by atoms with Crippen molar-refractivity contribution in [3.05, 3.63) is 23.7 Å². The maximum Gasteiger partial charge on any atom is 0.251 e. The van der Waals surface area contributed by atoms with Crippen LogP contribution in [0.4, 0.5) is 0 Å². The number of ether oxygens (including phenoxy) is 1. The third kappa shape index (κ3) is 3.09. The van der Waals surface area contributed by atoms with Crippen molar-refractivity contribution >= 4 is 5.91 Å². The van der Waals surface area contributed by atoms with Crippen LogP contribution in [0.2, 0.25) is 0 Å². The van der Waals surface area contributed by atoms with E-state index in [-0.39, 0.29) is 5.91 Å². The van der Waals surface area contributed by atoms with Crippen molar-refractivity contribution in [3.8, 4) is 0 Å². The highest BCUT2D eigenvalue weighted by Crippen LogP contribution is 2.09. The maximum atomic E-state index is 11.6. The van der Waals surface area contributed by atoms with Crippen LogP contribution in [0.3, 0.4) is 0 Å². The summed E-state index contributed by atoms with van der Waals surface area (Å²) in [5.74, 6) is 1.59. The number of amides is 1. The number of hydrogen-bond acceptors (Lipinski definition) is 3. The Bertz CT molecular complexity index is 332. The molecule has 1 unspecified atom stereocenters. The summed E-state index contributed by atoms with van der Waals surface area (Å²) in [7, 11) is 3.25. The van der Waals surface area contributed by atoms with Crippen LogP contribution >= 0.6 is 0 Å². The van der Waals surface area contributed by atoms with Gasteiger partial charge in [-0.2, -0.15) is 0 Å². The topological polar surface area (TPSA) is 42.7 Å². The van der Waals surface area contributed by atoms with Crippen LogP contribution in [0.1, 0.15) is 18.4 Å². The summed E-state index contributed by atoms with van der Waals surface area (Å²) in [6.45, 7) is 4.08. The summed E-state index contributed by atoms with van der Waals surface area (Å²) in [6, 6.07) is 3.75. The molecule has 1 aromatic rings. The molecule has 0 saturated carbocycles. The standard InChI is InChI=1S/C11H17NO3/c1-8-5-6-10(15-8)7-12(3)11(13)9(2)14-4/h5-6,9H,7H2,1-4H3. The van der Waals surface area contributed by atoms with Crippen molar-refractivity contribution in [3.63, 3.8) is 0 Å². The number of rotatable bonds is 4. The van der Waals surface area contributed by atoms with Gasteiger partial charge in [0.1, 0.15) is 17.6 Å². The molecule has 0 aliphatic carbocycles. The molecule has 15 heavy (non-hydrogen) atoms. The van der Waals surface area contributed by atoms with E-state index < -0.39 is 6.10 Å². The number of hydrogen-bond donors (Lipinski definition) is 0. The van der Waals surface area contributed by atoms with Gasteiger partial charge in [0.05, 0.1) is 6.54 Å². The van der Waals surface area contributed by atoms with Crippen LogP contribution in [0.15, 0.2) is 16.5 Å². The van der Waals surface area contributed by atoms with Gasteiger partial charge < -0.3 is 14.1 Å². The van der Waals surface area contributed by atoms with Gasteiger partial charge in [-0.25, -0.2) is 0 Å². The van der Waals surface area contributed by atoms with E-state index in [1.54, 1.807) is 18.9 Å². The lowest BCUT2D eigenvalue weighted by atomic mass is 10.3. The highest BCUT2D eigenvalue weighted by Gasteiger charge is 2.17. The monoisotopic (exact) mass is 211 g/mol. The molecule has 0 bridgehead atoms. The fourth-order valence-corrected chi connectivity index (χ4v) is 1.29. The zero-order valence-electron chi connectivity index (χ0n) is 9.61. The van der Waals surface area contributed by atoms with E-state index in [2.05, 4.69) is 0 Å². The lowest BCUT2D eigenvalue weighted by Crippen LogP contribution is -2.35. The first-order valence-electron chi connectivity index (χ1n) is 4.87. The zero-order chi connectivity index (χ0) is 11.4. The Morgan fingerprint density at radius 1 is 1.60 bits per heavy atom. The summed E-state index contributed by atoms with van der Waals surface area (Å²) in [5, 5.41) is 0. The smallest absolute Gasteiger partial charge is 0.251 e. The van der Waals surface area contributed by atoms with Gasteiger partial charge in [-0.15, -0.1) is 0 Å². The van der Waals surface area contributed by atoms with Crippen molar-refractivity contribution < 1.29 is 13.9 Å². The first-order valence-corrected chi connectivity index (χ1v) is 4.87. The van der Waals surface area contributed by atoms with Crippen LogP contribution in [-0.4, -0.2) is 31.1 Å². The minimum atomic E-state index is -0.411. The lowest BCUT2D eigenvalue weighted by Gasteiger charge is -2.19. The number of likely N-dealkylation sites (N-methyl/N-ethyl adjacent to an activating group) is 1. The van der Waals surface area contributed by atoms with Gasteiger partial charge in [0.2, 0.25) is 0 Å². The predicted molar refractivity (Wildman–Crippen MR) is 56.4 cm³/mol. The van der Waals surface area contributed by atoms with Crippen LogP contribution in [0.5, 0.6) is 0 Å². The van der Waals surface area contributed by atoms with Crippen molar-refractivity contribution in [1.82, 2.24) is 4.90 Å². The molecule has 0 fully saturated rings. The van der Waals surface area contributed by atoms with Crippen LogP contribution in [0, 0.1) is 6.92 Å². The summed E-state index contributed by atoms with van der Waals surface area (Å²) < 4.78 is 10.3. The number of nitrogens with zero attached hydrogens (tertiary/aromatic N) is 1. The van der Waals surface area contributed by atoms with Crippen LogP contribution < -0.4 is 0 Å². The third-order valence-electron chi connectivity index (χ3n) is 2.27. The van der Waals surface area contributed by atoms with Gasteiger partial charge in [0.25, 0.3) is 5.91 Å². The predicted octanol–water partition coefficient (Wildman–Crippen LogP) is 1.58. The zero-order valence-corrected chi connectivity index (χ0v) is 9.61. The molecular formula is C11H17NO3. The Hall–Kier alpha value is -1.29. The third-order valence-corrected chi connectivity index (χ3v) is 2.27.